The van der Waals surface area contributed by atoms with Crippen LogP contribution in [0.2, 0.25) is 0 Å². The number of aryl methyl sites for hydroxylation is 1. The van der Waals surface area contributed by atoms with E-state index in [4.69, 9.17) is 15.9 Å². The molecule has 4 nitrogen and oxygen atoms in total. The first-order valence-corrected chi connectivity index (χ1v) is 6.71. The van der Waals surface area contributed by atoms with Crippen molar-refractivity contribution in [2.24, 2.45) is 0 Å². The summed E-state index contributed by atoms with van der Waals surface area (Å²) in [7, 11) is 1.18. The second-order valence-corrected chi connectivity index (χ2v) is 5.61. The third-order valence-electron chi connectivity index (χ3n) is 2.11. The molecule has 0 amide bonds. The molecule has 0 atom stereocenters. The van der Waals surface area contributed by atoms with Gasteiger partial charge in [0.1, 0.15) is 0 Å². The Morgan fingerprint density at radius 1 is 1.50 bits per heavy atom. The van der Waals surface area contributed by atoms with E-state index in [0.29, 0.717) is 18.3 Å². The number of hydrogen-bond donors (Lipinski definition) is 0. The summed E-state index contributed by atoms with van der Waals surface area (Å²) in [5, 5.41) is 8.81. The fourth-order valence-corrected chi connectivity index (χ4v) is 2.40. The van der Waals surface area contributed by atoms with Crippen LogP contribution in [-0.4, -0.2) is 14.7 Å². The average Bonchev–Trinajstić information content (AvgIpc) is 2.25. The van der Waals surface area contributed by atoms with Crippen molar-refractivity contribution in [3.63, 3.8) is 0 Å². The maximum Gasteiger partial charge on any atom is 0.262 e. The van der Waals surface area contributed by atoms with Crippen molar-refractivity contribution in [2.75, 3.05) is 0 Å². The van der Waals surface area contributed by atoms with Gasteiger partial charge in [0.15, 0.2) is 6.29 Å². The number of aldehydes is 1. The minimum absolute atomic E-state index is 0.0218. The molecule has 0 unspecified atom stereocenters. The maximum absolute atomic E-state index is 11.2. The molecule has 0 saturated heterocycles. The minimum Gasteiger partial charge on any atom is -0.298 e. The van der Waals surface area contributed by atoms with Gasteiger partial charge in [-0.05, 0) is 24.1 Å². The van der Waals surface area contributed by atoms with Crippen molar-refractivity contribution in [3.05, 3.63) is 28.8 Å². The van der Waals surface area contributed by atoms with Crippen LogP contribution in [0.25, 0.3) is 0 Å². The Labute approximate surface area is 97.9 Å². The Bertz CT molecular complexity index is 572. The lowest BCUT2D eigenvalue weighted by Gasteiger charge is -2.05. The molecule has 0 fully saturated rings. The highest BCUT2D eigenvalue weighted by Gasteiger charge is 2.19. The van der Waals surface area contributed by atoms with Gasteiger partial charge >= 0.3 is 0 Å². The molecule has 0 heterocycles. The van der Waals surface area contributed by atoms with E-state index in [-0.39, 0.29) is 16.0 Å². The molecule has 0 aliphatic rings. The molecule has 0 saturated carbocycles. The summed E-state index contributed by atoms with van der Waals surface area (Å²) < 4.78 is 22.5. The minimum atomic E-state index is -4.02. The number of hydrogen-bond acceptors (Lipinski definition) is 4. The largest absolute Gasteiger partial charge is 0.298 e. The van der Waals surface area contributed by atoms with Crippen LogP contribution >= 0.6 is 10.7 Å². The molecular weight excluding hydrogens is 250 g/mol. The Morgan fingerprint density at radius 2 is 2.12 bits per heavy atom. The van der Waals surface area contributed by atoms with Crippen molar-refractivity contribution in [2.45, 2.75) is 18.2 Å². The lowest BCUT2D eigenvalue weighted by Crippen LogP contribution is -2.02. The van der Waals surface area contributed by atoms with Crippen LogP contribution < -0.4 is 0 Å². The molecule has 0 N–H and O–H groups in total. The number of halogens is 1. The second kappa shape index (κ2) is 4.64. The summed E-state index contributed by atoms with van der Waals surface area (Å²) in [6.07, 6.45) is 0.875. The van der Waals surface area contributed by atoms with Gasteiger partial charge in [-0.25, -0.2) is 8.42 Å². The number of carbonyl (C=O) groups excluding carboxylic acids is 1. The van der Waals surface area contributed by atoms with E-state index in [2.05, 4.69) is 0 Å². The molecule has 0 bridgehead atoms. The van der Waals surface area contributed by atoms with Gasteiger partial charge in [-0.2, -0.15) is 5.26 Å². The molecule has 0 aliphatic heterocycles. The number of rotatable bonds is 3. The normalized spacial score (nSPS) is 10.8. The average molecular weight is 258 g/mol. The third kappa shape index (κ3) is 2.40. The number of benzene rings is 1. The van der Waals surface area contributed by atoms with Crippen molar-refractivity contribution >= 4 is 26.0 Å². The molecule has 16 heavy (non-hydrogen) atoms. The van der Waals surface area contributed by atoms with E-state index in [1.165, 1.54) is 12.1 Å². The molecule has 0 aliphatic carbocycles. The molecule has 1 aromatic rings. The third-order valence-corrected chi connectivity index (χ3v) is 3.47. The van der Waals surface area contributed by atoms with E-state index in [9.17, 15) is 13.2 Å². The van der Waals surface area contributed by atoms with Gasteiger partial charge in [-0.15, -0.1) is 0 Å². The maximum atomic E-state index is 11.2. The highest BCUT2D eigenvalue weighted by atomic mass is 35.7. The van der Waals surface area contributed by atoms with Crippen LogP contribution in [0.3, 0.4) is 0 Å². The van der Waals surface area contributed by atoms with E-state index in [1.807, 2.05) is 6.92 Å². The van der Waals surface area contributed by atoms with Crippen molar-refractivity contribution in [1.29, 1.82) is 5.26 Å². The molecule has 1 rings (SSSR count). The predicted octanol–water partition coefficient (Wildman–Crippen LogP) is 1.86. The predicted molar refractivity (Wildman–Crippen MR) is 59.0 cm³/mol. The number of nitrogens with zero attached hydrogens (tertiary/aromatic N) is 1. The van der Waals surface area contributed by atoms with Crippen LogP contribution in [-0.2, 0) is 15.5 Å². The first kappa shape index (κ1) is 12.7. The molecular formula is C10H8ClNO3S. The first-order chi connectivity index (χ1) is 7.43. The van der Waals surface area contributed by atoms with Crippen LogP contribution in [0, 0.1) is 11.3 Å². The smallest absolute Gasteiger partial charge is 0.262 e. The van der Waals surface area contributed by atoms with Gasteiger partial charge in [-0.1, -0.05) is 6.92 Å². The number of carbonyl (C=O) groups is 1. The molecule has 0 aromatic heterocycles. The Balaban J connectivity index is 3.71. The Morgan fingerprint density at radius 3 is 2.50 bits per heavy atom. The lowest BCUT2D eigenvalue weighted by molar-refractivity contribution is 0.112. The topological polar surface area (TPSA) is 75.0 Å². The first-order valence-electron chi connectivity index (χ1n) is 4.41. The van der Waals surface area contributed by atoms with Crippen LogP contribution in [0.15, 0.2) is 17.0 Å². The van der Waals surface area contributed by atoms with E-state index in [0.717, 1.165) is 0 Å². The molecule has 1 aromatic carbocycles. The highest BCUT2D eigenvalue weighted by molar-refractivity contribution is 8.13. The lowest BCUT2D eigenvalue weighted by atomic mass is 10.0. The van der Waals surface area contributed by atoms with Crippen molar-refractivity contribution in [1.82, 2.24) is 0 Å². The van der Waals surface area contributed by atoms with Gasteiger partial charge in [0.05, 0.1) is 22.1 Å². The molecule has 6 heteroatoms. The molecule has 0 radical (unpaired) electrons. The van der Waals surface area contributed by atoms with Gasteiger partial charge in [-0.3, -0.25) is 4.79 Å². The summed E-state index contributed by atoms with van der Waals surface area (Å²) >= 11 is 0. The summed E-state index contributed by atoms with van der Waals surface area (Å²) in [5.41, 5.74) is 0.477. The summed E-state index contributed by atoms with van der Waals surface area (Å²) in [6.45, 7) is 1.81. The second-order valence-electron chi connectivity index (χ2n) is 3.08. The highest BCUT2D eigenvalue weighted by Crippen LogP contribution is 2.24. The zero-order valence-corrected chi connectivity index (χ0v) is 9.97. The van der Waals surface area contributed by atoms with Gasteiger partial charge in [0.2, 0.25) is 0 Å². The summed E-state index contributed by atoms with van der Waals surface area (Å²) in [6, 6.07) is 4.57. The zero-order valence-electron chi connectivity index (χ0n) is 8.40. The molecule has 0 spiro atoms. The van der Waals surface area contributed by atoms with E-state index in [1.54, 1.807) is 6.07 Å². The van der Waals surface area contributed by atoms with Gasteiger partial charge in [0.25, 0.3) is 9.05 Å². The van der Waals surface area contributed by atoms with Crippen LogP contribution in [0.5, 0.6) is 0 Å². The van der Waals surface area contributed by atoms with Crippen LogP contribution in [0.4, 0.5) is 0 Å². The quantitative estimate of drug-likeness (QED) is 0.612. The van der Waals surface area contributed by atoms with E-state index >= 15 is 0 Å². The SMILES string of the molecule is CCc1cc(C#N)c(C=O)c(S(=O)(=O)Cl)c1. The fraction of sp³-hybridized carbons (Fsp3) is 0.200. The van der Waals surface area contributed by atoms with E-state index < -0.39 is 9.05 Å². The zero-order chi connectivity index (χ0) is 12.3. The fourth-order valence-electron chi connectivity index (χ4n) is 1.30. The number of nitriles is 1. The van der Waals surface area contributed by atoms with Gasteiger partial charge < -0.3 is 0 Å². The van der Waals surface area contributed by atoms with Gasteiger partial charge in [0, 0.05) is 10.7 Å². The Hall–Kier alpha value is -1.38. The summed E-state index contributed by atoms with van der Waals surface area (Å²) in [5.74, 6) is 0. The monoisotopic (exact) mass is 257 g/mol. The van der Waals surface area contributed by atoms with Crippen molar-refractivity contribution < 1.29 is 13.2 Å². The summed E-state index contributed by atoms with van der Waals surface area (Å²) in [4.78, 5) is 10.5. The Kier molecular flexibility index (Phi) is 3.68. The molecule has 84 valence electrons. The van der Waals surface area contributed by atoms with Crippen molar-refractivity contribution in [3.8, 4) is 6.07 Å². The van der Waals surface area contributed by atoms with Crippen LogP contribution in [0.1, 0.15) is 28.4 Å². The standard InChI is InChI=1S/C10H8ClNO3S/c1-2-7-3-8(5-12)9(6-13)10(4-7)16(11,14)15/h3-4,6H,2H2,1H3.